The number of nitrogens with two attached hydrogens (primary N) is 1. The van der Waals surface area contributed by atoms with Gasteiger partial charge in [0.2, 0.25) is 0 Å². The highest BCUT2D eigenvalue weighted by molar-refractivity contribution is 5.99. The van der Waals surface area contributed by atoms with E-state index in [0.29, 0.717) is 22.3 Å². The Morgan fingerprint density at radius 2 is 2.17 bits per heavy atom. The Morgan fingerprint density at radius 1 is 1.34 bits per heavy atom. The number of carbonyl (C=O) groups excluding carboxylic acids is 1. The average Bonchev–Trinajstić information content (AvgIpc) is 3.13. The van der Waals surface area contributed by atoms with Crippen LogP contribution in [0.15, 0.2) is 41.8 Å². The van der Waals surface area contributed by atoms with E-state index in [4.69, 9.17) is 10.5 Å². The standard InChI is InChI=1S/C19H16F3N5O2/c20-13-2-1-10(3-12(13)19(18(21)22)8-29-7-16(23)27-19)4-15(28)14-5-11-6-24-9-25-17(11)26-14/h1-3,5-6,9,18H,4,7-8H2,(H2,23,27)(H,24,25,26)/t19-/m0/s1. The number of ketones is 1. The van der Waals surface area contributed by atoms with Crippen LogP contribution in [0.3, 0.4) is 0 Å². The predicted octanol–water partition coefficient (Wildman–Crippen LogP) is 2.37. The van der Waals surface area contributed by atoms with Gasteiger partial charge in [0, 0.05) is 23.6 Å². The summed E-state index contributed by atoms with van der Waals surface area (Å²) in [4.78, 5) is 27.2. The van der Waals surface area contributed by atoms with Gasteiger partial charge in [0.15, 0.2) is 11.3 Å². The summed E-state index contributed by atoms with van der Waals surface area (Å²) in [5.41, 5.74) is 4.11. The molecule has 1 aliphatic heterocycles. The average molecular weight is 403 g/mol. The molecule has 0 saturated carbocycles. The van der Waals surface area contributed by atoms with Crippen molar-refractivity contribution >= 4 is 22.7 Å². The molecule has 0 fully saturated rings. The van der Waals surface area contributed by atoms with E-state index in [-0.39, 0.29) is 30.2 Å². The van der Waals surface area contributed by atoms with Gasteiger partial charge in [0.1, 0.15) is 30.2 Å². The fraction of sp³-hybridized carbons (Fsp3) is 0.263. The zero-order valence-corrected chi connectivity index (χ0v) is 15.0. The molecule has 3 N–H and O–H groups in total. The number of ether oxygens (including phenoxy) is 1. The van der Waals surface area contributed by atoms with Crippen molar-refractivity contribution in [3.63, 3.8) is 0 Å². The Morgan fingerprint density at radius 3 is 2.90 bits per heavy atom. The summed E-state index contributed by atoms with van der Waals surface area (Å²) in [5, 5.41) is 0.663. The Balaban J connectivity index is 1.67. The van der Waals surface area contributed by atoms with E-state index in [1.165, 1.54) is 18.5 Å². The van der Waals surface area contributed by atoms with E-state index >= 15 is 0 Å². The van der Waals surface area contributed by atoms with Crippen LogP contribution in [0.2, 0.25) is 0 Å². The summed E-state index contributed by atoms with van der Waals surface area (Å²) in [7, 11) is 0. The molecule has 150 valence electrons. The number of fused-ring (bicyclic) bond motifs is 1. The molecule has 0 amide bonds. The first-order valence-corrected chi connectivity index (χ1v) is 8.70. The maximum Gasteiger partial charge on any atom is 0.269 e. The fourth-order valence-corrected chi connectivity index (χ4v) is 3.31. The number of aromatic amines is 1. The number of carbonyl (C=O) groups is 1. The van der Waals surface area contributed by atoms with Crippen molar-refractivity contribution in [1.82, 2.24) is 15.0 Å². The largest absolute Gasteiger partial charge is 0.385 e. The third-order valence-electron chi connectivity index (χ3n) is 4.73. The van der Waals surface area contributed by atoms with Crippen LogP contribution in [-0.2, 0) is 16.7 Å². The van der Waals surface area contributed by atoms with E-state index in [9.17, 15) is 18.0 Å². The van der Waals surface area contributed by atoms with Crippen LogP contribution in [0.1, 0.15) is 21.6 Å². The number of Topliss-reactive ketones (excluding diaryl/α,β-unsaturated/α-hetero) is 1. The van der Waals surface area contributed by atoms with Crippen molar-refractivity contribution in [3.05, 3.63) is 59.4 Å². The maximum absolute atomic E-state index is 14.5. The Kier molecular flexibility index (Phi) is 4.79. The highest BCUT2D eigenvalue weighted by atomic mass is 19.3. The second-order valence-corrected chi connectivity index (χ2v) is 6.74. The van der Waals surface area contributed by atoms with Crippen LogP contribution in [0.4, 0.5) is 13.2 Å². The van der Waals surface area contributed by atoms with Crippen LogP contribution < -0.4 is 5.73 Å². The second-order valence-electron chi connectivity index (χ2n) is 6.74. The summed E-state index contributed by atoms with van der Waals surface area (Å²) in [6, 6.07) is 5.23. The lowest BCUT2D eigenvalue weighted by atomic mass is 9.88. The molecule has 1 aliphatic rings. The zero-order chi connectivity index (χ0) is 20.6. The number of nitrogens with zero attached hydrogens (tertiary/aromatic N) is 3. The summed E-state index contributed by atoms with van der Waals surface area (Å²) in [6.07, 6.45) is -0.271. The van der Waals surface area contributed by atoms with Crippen molar-refractivity contribution in [2.45, 2.75) is 18.4 Å². The highest BCUT2D eigenvalue weighted by Crippen LogP contribution is 2.37. The minimum absolute atomic E-state index is 0.0997. The van der Waals surface area contributed by atoms with Gasteiger partial charge in [-0.1, -0.05) is 6.07 Å². The normalized spacial score (nSPS) is 19.5. The van der Waals surface area contributed by atoms with Crippen molar-refractivity contribution in [1.29, 1.82) is 0 Å². The van der Waals surface area contributed by atoms with Gasteiger partial charge in [0.25, 0.3) is 6.43 Å². The number of amidine groups is 1. The maximum atomic E-state index is 14.5. The molecule has 0 aliphatic carbocycles. The van der Waals surface area contributed by atoms with E-state index in [1.807, 2.05) is 0 Å². The lowest BCUT2D eigenvalue weighted by molar-refractivity contribution is -0.0146. The Bertz CT molecular complexity index is 1080. The molecule has 3 heterocycles. The van der Waals surface area contributed by atoms with Gasteiger partial charge in [-0.3, -0.25) is 9.79 Å². The molecule has 0 bridgehead atoms. The van der Waals surface area contributed by atoms with E-state index in [0.717, 1.165) is 6.07 Å². The number of alkyl halides is 2. The van der Waals surface area contributed by atoms with Gasteiger partial charge in [-0.15, -0.1) is 0 Å². The van der Waals surface area contributed by atoms with E-state index < -0.39 is 24.4 Å². The summed E-state index contributed by atoms with van der Waals surface area (Å²) < 4.78 is 47.4. The number of hydrogen-bond donors (Lipinski definition) is 2. The summed E-state index contributed by atoms with van der Waals surface area (Å²) in [5.74, 6) is -1.32. The van der Waals surface area contributed by atoms with Crippen LogP contribution in [0.25, 0.3) is 11.0 Å². The Hall–Kier alpha value is -3.27. The molecule has 10 heteroatoms. The van der Waals surface area contributed by atoms with Gasteiger partial charge in [0.05, 0.1) is 12.3 Å². The smallest absolute Gasteiger partial charge is 0.269 e. The number of halogens is 3. The quantitative estimate of drug-likeness (QED) is 0.636. The summed E-state index contributed by atoms with van der Waals surface area (Å²) in [6.45, 7) is -0.613. The Labute approximate surface area is 162 Å². The molecule has 3 aromatic rings. The molecular weight excluding hydrogens is 387 g/mol. The number of H-pyrrole nitrogens is 1. The number of aliphatic imine (C=N–C) groups is 1. The van der Waals surface area contributed by atoms with Crippen LogP contribution in [-0.4, -0.2) is 46.2 Å². The SMILES string of the molecule is NC1=N[C@@](c2cc(CC(=O)c3cc4cncnc4[nH]3)ccc2F)(C(F)F)COC1. The second kappa shape index (κ2) is 7.28. The van der Waals surface area contributed by atoms with E-state index in [1.54, 1.807) is 12.3 Å². The molecule has 0 spiro atoms. The van der Waals surface area contributed by atoms with E-state index in [2.05, 4.69) is 19.9 Å². The third-order valence-corrected chi connectivity index (χ3v) is 4.73. The third kappa shape index (κ3) is 3.46. The number of hydrogen-bond acceptors (Lipinski definition) is 6. The molecule has 4 rings (SSSR count). The minimum atomic E-state index is -3.05. The van der Waals surface area contributed by atoms with Gasteiger partial charge in [-0.2, -0.15) is 0 Å². The van der Waals surface area contributed by atoms with Crippen LogP contribution in [0, 0.1) is 5.82 Å². The van der Waals surface area contributed by atoms with Crippen LogP contribution in [0.5, 0.6) is 0 Å². The lowest BCUT2D eigenvalue weighted by Gasteiger charge is -2.33. The minimum Gasteiger partial charge on any atom is -0.385 e. The lowest BCUT2D eigenvalue weighted by Crippen LogP contribution is -2.45. The number of benzene rings is 1. The number of aromatic nitrogens is 3. The van der Waals surface area contributed by atoms with Gasteiger partial charge in [-0.05, 0) is 23.8 Å². The highest BCUT2D eigenvalue weighted by Gasteiger charge is 2.46. The topological polar surface area (TPSA) is 106 Å². The molecule has 7 nitrogen and oxygen atoms in total. The number of nitrogens with one attached hydrogen (secondary N) is 1. The van der Waals surface area contributed by atoms with Crippen molar-refractivity contribution in [2.24, 2.45) is 10.7 Å². The molecule has 1 aromatic carbocycles. The molecule has 29 heavy (non-hydrogen) atoms. The first-order valence-electron chi connectivity index (χ1n) is 8.70. The molecule has 0 unspecified atom stereocenters. The molecule has 0 radical (unpaired) electrons. The zero-order valence-electron chi connectivity index (χ0n) is 15.0. The first-order chi connectivity index (χ1) is 13.9. The molecule has 1 atom stereocenters. The van der Waals surface area contributed by atoms with Crippen molar-refractivity contribution in [3.8, 4) is 0 Å². The number of rotatable bonds is 5. The molecular formula is C19H16F3N5O2. The summed E-state index contributed by atoms with van der Waals surface area (Å²) >= 11 is 0. The monoisotopic (exact) mass is 403 g/mol. The fourth-order valence-electron chi connectivity index (χ4n) is 3.31. The van der Waals surface area contributed by atoms with Crippen molar-refractivity contribution < 1.29 is 22.7 Å². The van der Waals surface area contributed by atoms with Gasteiger partial charge < -0.3 is 15.5 Å². The first kappa shape index (κ1) is 19.1. The predicted molar refractivity (Wildman–Crippen MR) is 98.4 cm³/mol. The molecule has 2 aromatic heterocycles. The van der Waals surface area contributed by atoms with Crippen molar-refractivity contribution in [2.75, 3.05) is 13.2 Å². The van der Waals surface area contributed by atoms with Crippen LogP contribution >= 0.6 is 0 Å². The molecule has 0 saturated heterocycles. The van der Waals surface area contributed by atoms with Gasteiger partial charge in [-0.25, -0.2) is 23.1 Å². The van der Waals surface area contributed by atoms with Gasteiger partial charge >= 0.3 is 0 Å².